The molecule has 0 aliphatic carbocycles. The molecule has 0 bridgehead atoms. The van der Waals surface area contributed by atoms with E-state index in [1.807, 2.05) is 6.92 Å². The third-order valence-corrected chi connectivity index (χ3v) is 6.87. The fourth-order valence-electron chi connectivity index (χ4n) is 3.35. The van der Waals surface area contributed by atoms with Crippen molar-refractivity contribution >= 4 is 21.6 Å². The summed E-state index contributed by atoms with van der Waals surface area (Å²) in [6, 6.07) is 11.3. The van der Waals surface area contributed by atoms with Crippen molar-refractivity contribution in [3.05, 3.63) is 48.0 Å². The molecule has 1 amide bonds. The van der Waals surface area contributed by atoms with E-state index >= 15 is 0 Å². The first kappa shape index (κ1) is 22.9. The molecule has 2 aromatic carbocycles. The lowest BCUT2D eigenvalue weighted by Crippen LogP contribution is -2.42. The van der Waals surface area contributed by atoms with Crippen LogP contribution < -0.4 is 19.1 Å². The summed E-state index contributed by atoms with van der Waals surface area (Å²) >= 11 is 0. The van der Waals surface area contributed by atoms with Crippen molar-refractivity contribution in [2.24, 2.45) is 0 Å². The zero-order valence-electron chi connectivity index (χ0n) is 18.0. The van der Waals surface area contributed by atoms with Crippen LogP contribution >= 0.6 is 0 Å². The lowest BCUT2D eigenvalue weighted by molar-refractivity contribution is -0.120. The number of anilines is 1. The Kier molecular flexibility index (Phi) is 7.40. The van der Waals surface area contributed by atoms with Crippen LogP contribution in [-0.4, -0.2) is 54.3 Å². The van der Waals surface area contributed by atoms with Gasteiger partial charge in [-0.2, -0.15) is 0 Å². The molecule has 1 aliphatic heterocycles. The highest BCUT2D eigenvalue weighted by atomic mass is 32.2. The van der Waals surface area contributed by atoms with Crippen LogP contribution in [-0.2, 0) is 19.6 Å². The average Bonchev–Trinajstić information content (AvgIpc) is 3.30. The molecule has 1 N–H and O–H groups in total. The summed E-state index contributed by atoms with van der Waals surface area (Å²) in [6.45, 7) is 2.60. The lowest BCUT2D eigenvalue weighted by Gasteiger charge is -2.25. The van der Waals surface area contributed by atoms with Crippen LogP contribution in [0.2, 0.25) is 0 Å². The third-order valence-electron chi connectivity index (χ3n) is 5.10. The van der Waals surface area contributed by atoms with Crippen LogP contribution in [0, 0.1) is 6.92 Å². The second-order valence-electron chi connectivity index (χ2n) is 7.30. The maximum atomic E-state index is 13.5. The standard InChI is InChI=1S/C22H28N2O6S/c1-16-6-8-17(9-7-16)24(15-22(25)23-14-18-5-4-12-30-18)31(26,27)19-10-11-20(28-2)21(13-19)29-3/h6-11,13,18H,4-5,12,14-15H2,1-3H3,(H,23,25)/t18-/m1/s1. The number of hydrogen-bond acceptors (Lipinski definition) is 6. The summed E-state index contributed by atoms with van der Waals surface area (Å²) in [5.74, 6) is 0.299. The van der Waals surface area contributed by atoms with Crippen LogP contribution in [0.15, 0.2) is 47.4 Å². The Morgan fingerprint density at radius 3 is 2.45 bits per heavy atom. The molecular weight excluding hydrogens is 420 g/mol. The van der Waals surface area contributed by atoms with Crippen molar-refractivity contribution < 1.29 is 27.4 Å². The largest absolute Gasteiger partial charge is 0.493 e. The Labute approximate surface area is 183 Å². The molecule has 168 valence electrons. The van der Waals surface area contributed by atoms with E-state index in [1.165, 1.54) is 32.4 Å². The van der Waals surface area contributed by atoms with Crippen molar-refractivity contribution in [3.63, 3.8) is 0 Å². The highest BCUT2D eigenvalue weighted by Gasteiger charge is 2.28. The number of hydrogen-bond donors (Lipinski definition) is 1. The summed E-state index contributed by atoms with van der Waals surface area (Å²) in [7, 11) is -1.14. The Morgan fingerprint density at radius 1 is 1.13 bits per heavy atom. The molecule has 0 saturated carbocycles. The quantitative estimate of drug-likeness (QED) is 0.634. The van der Waals surface area contributed by atoms with Gasteiger partial charge in [-0.25, -0.2) is 8.42 Å². The van der Waals surface area contributed by atoms with Crippen molar-refractivity contribution in [1.29, 1.82) is 0 Å². The number of methoxy groups -OCH3 is 2. The van der Waals surface area contributed by atoms with E-state index in [2.05, 4.69) is 5.32 Å². The Morgan fingerprint density at radius 2 is 1.84 bits per heavy atom. The number of sulfonamides is 1. The molecule has 0 radical (unpaired) electrons. The number of aryl methyl sites for hydroxylation is 1. The highest BCUT2D eigenvalue weighted by molar-refractivity contribution is 7.92. The predicted octanol–water partition coefficient (Wildman–Crippen LogP) is 2.50. The molecule has 1 aliphatic rings. The minimum Gasteiger partial charge on any atom is -0.493 e. The number of amides is 1. The Balaban J connectivity index is 1.89. The average molecular weight is 449 g/mol. The molecule has 0 spiro atoms. The van der Waals surface area contributed by atoms with E-state index in [0.29, 0.717) is 24.6 Å². The number of carbonyl (C=O) groups is 1. The third kappa shape index (κ3) is 5.48. The molecule has 8 nitrogen and oxygen atoms in total. The van der Waals surface area contributed by atoms with E-state index in [1.54, 1.807) is 24.3 Å². The molecule has 0 unspecified atom stereocenters. The van der Waals surface area contributed by atoms with Crippen molar-refractivity contribution in [2.45, 2.75) is 30.8 Å². The van der Waals surface area contributed by atoms with E-state index in [-0.39, 0.29) is 23.3 Å². The summed E-state index contributed by atoms with van der Waals surface area (Å²) in [4.78, 5) is 12.6. The SMILES string of the molecule is COc1ccc(S(=O)(=O)N(CC(=O)NC[C@H]2CCCO2)c2ccc(C)cc2)cc1OC. The molecule has 1 fully saturated rings. The van der Waals surface area contributed by atoms with Gasteiger partial charge in [-0.15, -0.1) is 0 Å². The molecule has 1 atom stereocenters. The Bertz CT molecular complexity index is 1000. The number of rotatable bonds is 9. The molecular formula is C22H28N2O6S. The van der Waals surface area contributed by atoms with E-state index in [9.17, 15) is 13.2 Å². The van der Waals surface area contributed by atoms with Gasteiger partial charge in [-0.3, -0.25) is 9.10 Å². The first-order chi connectivity index (χ1) is 14.8. The van der Waals surface area contributed by atoms with Crippen LogP contribution in [0.25, 0.3) is 0 Å². The normalized spacial score (nSPS) is 16.0. The zero-order valence-corrected chi connectivity index (χ0v) is 18.8. The second-order valence-corrected chi connectivity index (χ2v) is 9.17. The van der Waals surface area contributed by atoms with Crippen molar-refractivity contribution in [3.8, 4) is 11.5 Å². The first-order valence-electron chi connectivity index (χ1n) is 10.0. The van der Waals surface area contributed by atoms with E-state index in [0.717, 1.165) is 22.7 Å². The van der Waals surface area contributed by atoms with E-state index in [4.69, 9.17) is 14.2 Å². The van der Waals surface area contributed by atoms with Gasteiger partial charge in [0, 0.05) is 19.2 Å². The molecule has 1 saturated heterocycles. The predicted molar refractivity (Wildman–Crippen MR) is 117 cm³/mol. The maximum absolute atomic E-state index is 13.5. The lowest BCUT2D eigenvalue weighted by atomic mass is 10.2. The minimum atomic E-state index is -4.05. The van der Waals surface area contributed by atoms with Crippen LogP contribution in [0.3, 0.4) is 0 Å². The minimum absolute atomic E-state index is 0.00217. The molecule has 0 aromatic heterocycles. The maximum Gasteiger partial charge on any atom is 0.264 e. The topological polar surface area (TPSA) is 94.2 Å². The van der Waals surface area contributed by atoms with Gasteiger partial charge in [0.2, 0.25) is 5.91 Å². The zero-order chi connectivity index (χ0) is 22.4. The fraction of sp³-hybridized carbons (Fsp3) is 0.409. The van der Waals surface area contributed by atoms with Gasteiger partial charge in [0.25, 0.3) is 10.0 Å². The monoisotopic (exact) mass is 448 g/mol. The van der Waals surface area contributed by atoms with Gasteiger partial charge in [-0.05, 0) is 44.0 Å². The van der Waals surface area contributed by atoms with Gasteiger partial charge in [0.1, 0.15) is 6.54 Å². The summed E-state index contributed by atoms with van der Waals surface area (Å²) in [5, 5.41) is 2.79. The number of nitrogens with zero attached hydrogens (tertiary/aromatic N) is 1. The summed E-state index contributed by atoms with van der Waals surface area (Å²) < 4.78 is 44.1. The summed E-state index contributed by atoms with van der Waals surface area (Å²) in [6.07, 6.45) is 1.81. The number of nitrogens with one attached hydrogen (secondary N) is 1. The fourth-order valence-corrected chi connectivity index (χ4v) is 4.79. The first-order valence-corrected chi connectivity index (χ1v) is 11.5. The Hall–Kier alpha value is -2.78. The van der Waals surface area contributed by atoms with Crippen LogP contribution in [0.4, 0.5) is 5.69 Å². The second kappa shape index (κ2) is 10.0. The molecule has 3 rings (SSSR count). The number of ether oxygens (including phenoxy) is 3. The smallest absolute Gasteiger partial charge is 0.264 e. The molecule has 9 heteroatoms. The van der Waals surface area contributed by atoms with Crippen LogP contribution in [0.5, 0.6) is 11.5 Å². The molecule has 1 heterocycles. The highest BCUT2D eigenvalue weighted by Crippen LogP contribution is 2.32. The van der Waals surface area contributed by atoms with Crippen molar-refractivity contribution in [2.75, 3.05) is 38.2 Å². The van der Waals surface area contributed by atoms with E-state index < -0.39 is 15.9 Å². The van der Waals surface area contributed by atoms with Gasteiger partial charge < -0.3 is 19.5 Å². The number of carbonyl (C=O) groups excluding carboxylic acids is 1. The summed E-state index contributed by atoms with van der Waals surface area (Å²) in [5.41, 5.74) is 1.38. The molecule has 31 heavy (non-hydrogen) atoms. The van der Waals surface area contributed by atoms with Gasteiger partial charge in [0.05, 0.1) is 30.9 Å². The van der Waals surface area contributed by atoms with Gasteiger partial charge in [0.15, 0.2) is 11.5 Å². The van der Waals surface area contributed by atoms with Crippen LogP contribution in [0.1, 0.15) is 18.4 Å². The molecule has 2 aromatic rings. The number of benzene rings is 2. The van der Waals surface area contributed by atoms with Gasteiger partial charge in [-0.1, -0.05) is 17.7 Å². The van der Waals surface area contributed by atoms with Crippen molar-refractivity contribution in [1.82, 2.24) is 5.32 Å². The van der Waals surface area contributed by atoms with Gasteiger partial charge >= 0.3 is 0 Å².